The number of likely N-dealkylation sites (N-methyl/N-ethyl adjacent to an activating group) is 1. The van der Waals surface area contributed by atoms with E-state index in [0.29, 0.717) is 36.0 Å². The number of anilines is 1. The van der Waals surface area contributed by atoms with Gasteiger partial charge in [-0.3, -0.25) is 9.59 Å². The summed E-state index contributed by atoms with van der Waals surface area (Å²) in [5.74, 6) is 0.694. The van der Waals surface area contributed by atoms with Gasteiger partial charge in [-0.1, -0.05) is 18.2 Å². The standard InChI is InChI=1S/C23H27N3O4/c1-5-29-20-12-11-16(13-21(20)30-6-2)24-22(27)15-26(4)23(28)18-14-25(3)19-10-8-7-9-17(18)19/h7-14H,5-6,15H2,1-4H3,(H,24,27). The van der Waals surface area contributed by atoms with Crippen molar-refractivity contribution < 1.29 is 19.1 Å². The summed E-state index contributed by atoms with van der Waals surface area (Å²) >= 11 is 0. The van der Waals surface area contributed by atoms with Gasteiger partial charge in [-0.15, -0.1) is 0 Å². The second-order valence-corrected chi connectivity index (χ2v) is 6.91. The van der Waals surface area contributed by atoms with Gasteiger partial charge in [0.15, 0.2) is 11.5 Å². The van der Waals surface area contributed by atoms with Crippen LogP contribution in [0.15, 0.2) is 48.7 Å². The summed E-state index contributed by atoms with van der Waals surface area (Å²) in [6.45, 7) is 4.72. The van der Waals surface area contributed by atoms with E-state index in [9.17, 15) is 9.59 Å². The molecule has 0 unspecified atom stereocenters. The zero-order valence-corrected chi connectivity index (χ0v) is 17.8. The summed E-state index contributed by atoms with van der Waals surface area (Å²) in [6.07, 6.45) is 1.79. The number of hydrogen-bond acceptors (Lipinski definition) is 4. The molecule has 0 saturated heterocycles. The molecule has 7 nitrogen and oxygen atoms in total. The maximum Gasteiger partial charge on any atom is 0.256 e. The zero-order valence-electron chi connectivity index (χ0n) is 17.8. The minimum Gasteiger partial charge on any atom is -0.490 e. The lowest BCUT2D eigenvalue weighted by Crippen LogP contribution is -2.34. The van der Waals surface area contributed by atoms with E-state index in [1.807, 2.05) is 49.7 Å². The van der Waals surface area contributed by atoms with Gasteiger partial charge in [0.2, 0.25) is 5.91 Å². The number of aryl methyl sites for hydroxylation is 1. The van der Waals surface area contributed by atoms with Gasteiger partial charge in [0.05, 0.1) is 25.3 Å². The van der Waals surface area contributed by atoms with Crippen LogP contribution in [0, 0.1) is 0 Å². The van der Waals surface area contributed by atoms with Gasteiger partial charge in [0, 0.05) is 42.9 Å². The van der Waals surface area contributed by atoms with E-state index >= 15 is 0 Å². The average Bonchev–Trinajstić information content (AvgIpc) is 3.06. The number of nitrogens with zero attached hydrogens (tertiary/aromatic N) is 2. The number of hydrogen-bond donors (Lipinski definition) is 1. The summed E-state index contributed by atoms with van der Waals surface area (Å²) < 4.78 is 13.0. The average molecular weight is 409 g/mol. The number of carbonyl (C=O) groups excluding carboxylic acids is 2. The van der Waals surface area contributed by atoms with Crippen molar-refractivity contribution >= 4 is 28.4 Å². The van der Waals surface area contributed by atoms with Crippen LogP contribution in [0.1, 0.15) is 24.2 Å². The largest absolute Gasteiger partial charge is 0.490 e. The number of fused-ring (bicyclic) bond motifs is 1. The zero-order chi connectivity index (χ0) is 21.7. The molecule has 2 amide bonds. The fraction of sp³-hybridized carbons (Fsp3) is 0.304. The maximum atomic E-state index is 12.9. The number of carbonyl (C=O) groups is 2. The Bertz CT molecular complexity index is 1060. The fourth-order valence-corrected chi connectivity index (χ4v) is 3.33. The maximum absolute atomic E-state index is 12.9. The monoisotopic (exact) mass is 409 g/mol. The first-order valence-electron chi connectivity index (χ1n) is 9.93. The molecule has 3 rings (SSSR count). The van der Waals surface area contributed by atoms with Crippen LogP contribution in [0.25, 0.3) is 10.9 Å². The molecule has 0 spiro atoms. The molecule has 2 aromatic carbocycles. The van der Waals surface area contributed by atoms with Crippen molar-refractivity contribution in [2.75, 3.05) is 32.1 Å². The van der Waals surface area contributed by atoms with Crippen molar-refractivity contribution in [3.63, 3.8) is 0 Å². The van der Waals surface area contributed by atoms with E-state index in [4.69, 9.17) is 9.47 Å². The number of benzene rings is 2. The highest BCUT2D eigenvalue weighted by Gasteiger charge is 2.19. The smallest absolute Gasteiger partial charge is 0.256 e. The third kappa shape index (κ3) is 4.56. The van der Waals surface area contributed by atoms with E-state index in [1.54, 1.807) is 31.4 Å². The van der Waals surface area contributed by atoms with Crippen molar-refractivity contribution in [3.8, 4) is 11.5 Å². The van der Waals surface area contributed by atoms with Gasteiger partial charge in [-0.25, -0.2) is 0 Å². The first-order chi connectivity index (χ1) is 14.4. The third-order valence-corrected chi connectivity index (χ3v) is 4.68. The molecule has 0 atom stereocenters. The highest BCUT2D eigenvalue weighted by Crippen LogP contribution is 2.30. The predicted molar refractivity (Wildman–Crippen MR) is 117 cm³/mol. The molecular weight excluding hydrogens is 382 g/mol. The first kappa shape index (κ1) is 21.2. The molecular formula is C23H27N3O4. The molecule has 0 aliphatic carbocycles. The van der Waals surface area contributed by atoms with Gasteiger partial charge >= 0.3 is 0 Å². The summed E-state index contributed by atoms with van der Waals surface area (Å²) in [4.78, 5) is 26.8. The summed E-state index contributed by atoms with van der Waals surface area (Å²) in [6, 6.07) is 12.9. The van der Waals surface area contributed by atoms with Gasteiger partial charge in [-0.05, 0) is 32.0 Å². The van der Waals surface area contributed by atoms with Crippen molar-refractivity contribution in [2.24, 2.45) is 7.05 Å². The van der Waals surface area contributed by atoms with Crippen LogP contribution >= 0.6 is 0 Å². The topological polar surface area (TPSA) is 72.8 Å². The molecule has 0 bridgehead atoms. The van der Waals surface area contributed by atoms with Gasteiger partial charge < -0.3 is 24.3 Å². The number of nitrogens with one attached hydrogen (secondary N) is 1. The lowest BCUT2D eigenvalue weighted by atomic mass is 10.1. The number of ether oxygens (including phenoxy) is 2. The number of amides is 2. The predicted octanol–water partition coefficient (Wildman–Crippen LogP) is 3.69. The normalized spacial score (nSPS) is 10.7. The minimum absolute atomic E-state index is 0.0702. The van der Waals surface area contributed by atoms with Crippen LogP contribution in [0.5, 0.6) is 11.5 Å². The Labute approximate surface area is 176 Å². The van der Waals surface area contributed by atoms with Gasteiger partial charge in [0.25, 0.3) is 5.91 Å². The van der Waals surface area contributed by atoms with Crippen molar-refractivity contribution in [1.29, 1.82) is 0 Å². The Morgan fingerprint density at radius 1 is 1.03 bits per heavy atom. The molecule has 0 aliphatic rings. The van der Waals surface area contributed by atoms with Crippen molar-refractivity contribution in [2.45, 2.75) is 13.8 Å². The summed E-state index contributed by atoms with van der Waals surface area (Å²) in [5.41, 5.74) is 2.12. The lowest BCUT2D eigenvalue weighted by molar-refractivity contribution is -0.116. The molecule has 0 saturated carbocycles. The van der Waals surface area contributed by atoms with E-state index in [1.165, 1.54) is 4.90 Å². The minimum atomic E-state index is -0.294. The molecule has 1 heterocycles. The van der Waals surface area contributed by atoms with Crippen LogP contribution in [0.4, 0.5) is 5.69 Å². The second-order valence-electron chi connectivity index (χ2n) is 6.91. The highest BCUT2D eigenvalue weighted by atomic mass is 16.5. The van der Waals surface area contributed by atoms with Crippen LogP contribution < -0.4 is 14.8 Å². The Hall–Kier alpha value is -3.48. The highest BCUT2D eigenvalue weighted by molar-refractivity contribution is 6.08. The molecule has 0 radical (unpaired) electrons. The van der Waals surface area contributed by atoms with E-state index in [0.717, 1.165) is 10.9 Å². The van der Waals surface area contributed by atoms with Crippen LogP contribution in [0.2, 0.25) is 0 Å². The van der Waals surface area contributed by atoms with Crippen LogP contribution in [-0.4, -0.2) is 48.1 Å². The number of aromatic nitrogens is 1. The molecule has 7 heteroatoms. The van der Waals surface area contributed by atoms with Crippen molar-refractivity contribution in [1.82, 2.24) is 9.47 Å². The van der Waals surface area contributed by atoms with Crippen molar-refractivity contribution in [3.05, 3.63) is 54.2 Å². The SMILES string of the molecule is CCOc1ccc(NC(=O)CN(C)C(=O)c2cn(C)c3ccccc23)cc1OCC. The van der Waals surface area contributed by atoms with Crippen LogP contribution in [-0.2, 0) is 11.8 Å². The van der Waals surface area contributed by atoms with Crippen LogP contribution in [0.3, 0.4) is 0 Å². The van der Waals surface area contributed by atoms with E-state index in [2.05, 4.69) is 5.32 Å². The van der Waals surface area contributed by atoms with Gasteiger partial charge in [-0.2, -0.15) is 0 Å². The van der Waals surface area contributed by atoms with E-state index < -0.39 is 0 Å². The Kier molecular flexibility index (Phi) is 6.61. The molecule has 0 aliphatic heterocycles. The lowest BCUT2D eigenvalue weighted by Gasteiger charge is -2.17. The molecule has 1 N–H and O–H groups in total. The second kappa shape index (κ2) is 9.35. The first-order valence-corrected chi connectivity index (χ1v) is 9.93. The number of para-hydroxylation sites is 1. The Morgan fingerprint density at radius 2 is 1.73 bits per heavy atom. The fourth-order valence-electron chi connectivity index (χ4n) is 3.33. The molecule has 3 aromatic rings. The van der Waals surface area contributed by atoms with Gasteiger partial charge in [0.1, 0.15) is 0 Å². The molecule has 1 aromatic heterocycles. The molecule has 0 fully saturated rings. The molecule has 30 heavy (non-hydrogen) atoms. The third-order valence-electron chi connectivity index (χ3n) is 4.68. The molecule has 158 valence electrons. The summed E-state index contributed by atoms with van der Waals surface area (Å²) in [7, 11) is 3.52. The Balaban J connectivity index is 1.69. The summed E-state index contributed by atoms with van der Waals surface area (Å²) in [5, 5.41) is 3.68. The quantitative estimate of drug-likeness (QED) is 0.616. The van der Waals surface area contributed by atoms with E-state index in [-0.39, 0.29) is 18.4 Å². The Morgan fingerprint density at radius 3 is 2.47 bits per heavy atom. The number of rotatable bonds is 8.